The minimum atomic E-state index is -0.261. The molecular formula is C23H16N4O2. The smallest absolute Gasteiger partial charge is 0.264 e. The lowest BCUT2D eigenvalue weighted by atomic mass is 10.0. The van der Waals surface area contributed by atoms with Gasteiger partial charge in [0.1, 0.15) is 11.4 Å². The van der Waals surface area contributed by atoms with Crippen LogP contribution in [0.2, 0.25) is 0 Å². The number of benzene rings is 1. The van der Waals surface area contributed by atoms with E-state index in [9.17, 15) is 10.1 Å². The van der Waals surface area contributed by atoms with Gasteiger partial charge in [-0.25, -0.2) is 4.98 Å². The van der Waals surface area contributed by atoms with E-state index < -0.39 is 0 Å². The maximum Gasteiger partial charge on any atom is 0.264 e. The first kappa shape index (κ1) is 18.1. The molecule has 4 aromatic rings. The number of nitrogens with zero attached hydrogens (tertiary/aromatic N) is 4. The van der Waals surface area contributed by atoms with Crippen LogP contribution in [0.1, 0.15) is 11.1 Å². The zero-order chi connectivity index (χ0) is 20.2. The Bertz CT molecular complexity index is 1300. The Labute approximate surface area is 167 Å². The van der Waals surface area contributed by atoms with Gasteiger partial charge in [-0.1, -0.05) is 0 Å². The average Bonchev–Trinajstić information content (AvgIpc) is 2.78. The molecule has 29 heavy (non-hydrogen) atoms. The van der Waals surface area contributed by atoms with Crippen molar-refractivity contribution in [3.8, 4) is 17.5 Å². The Morgan fingerprint density at radius 1 is 1.10 bits per heavy atom. The molecule has 0 aliphatic carbocycles. The molecule has 0 aliphatic rings. The molecule has 0 saturated carbocycles. The molecule has 4 rings (SSSR count). The van der Waals surface area contributed by atoms with Gasteiger partial charge < -0.3 is 4.74 Å². The highest BCUT2D eigenvalue weighted by Crippen LogP contribution is 2.21. The molecular weight excluding hydrogens is 364 g/mol. The monoisotopic (exact) mass is 380 g/mol. The Morgan fingerprint density at radius 2 is 1.86 bits per heavy atom. The Balaban J connectivity index is 1.97. The summed E-state index contributed by atoms with van der Waals surface area (Å²) in [5, 5.41) is 10.4. The molecule has 1 aromatic carbocycles. The third-order valence-corrected chi connectivity index (χ3v) is 4.53. The van der Waals surface area contributed by atoms with Crippen molar-refractivity contribution < 1.29 is 4.74 Å². The summed E-state index contributed by atoms with van der Waals surface area (Å²) in [7, 11) is 1.59. The largest absolute Gasteiger partial charge is 0.497 e. The van der Waals surface area contributed by atoms with Crippen LogP contribution in [0.5, 0.6) is 5.75 Å². The van der Waals surface area contributed by atoms with Crippen molar-refractivity contribution in [2.45, 2.75) is 0 Å². The van der Waals surface area contributed by atoms with E-state index in [0.717, 1.165) is 5.39 Å². The summed E-state index contributed by atoms with van der Waals surface area (Å²) in [5.41, 5.74) is 2.43. The van der Waals surface area contributed by atoms with E-state index in [1.807, 2.05) is 12.1 Å². The number of hydrogen-bond donors (Lipinski definition) is 0. The van der Waals surface area contributed by atoms with Crippen molar-refractivity contribution in [3.63, 3.8) is 0 Å². The molecule has 3 aromatic heterocycles. The summed E-state index contributed by atoms with van der Waals surface area (Å²) in [6.45, 7) is 0. The summed E-state index contributed by atoms with van der Waals surface area (Å²) >= 11 is 0. The molecule has 0 fully saturated rings. The first-order chi connectivity index (χ1) is 14.2. The SMILES string of the molecule is COc1ccc(-n2c(=O)c(/C=C(/C#N)c3ccncc3)cc3cccnc32)cc1. The lowest BCUT2D eigenvalue weighted by Gasteiger charge is -2.12. The summed E-state index contributed by atoms with van der Waals surface area (Å²) in [5.74, 6) is 0.694. The van der Waals surface area contributed by atoms with Gasteiger partial charge in [-0.3, -0.25) is 14.3 Å². The number of nitriles is 1. The maximum atomic E-state index is 13.3. The van der Waals surface area contributed by atoms with Crippen molar-refractivity contribution in [2.75, 3.05) is 7.11 Å². The molecule has 3 heterocycles. The van der Waals surface area contributed by atoms with E-state index in [2.05, 4.69) is 16.0 Å². The zero-order valence-electron chi connectivity index (χ0n) is 15.6. The second kappa shape index (κ2) is 7.79. The highest BCUT2D eigenvalue weighted by Gasteiger charge is 2.12. The first-order valence-electron chi connectivity index (χ1n) is 8.88. The van der Waals surface area contributed by atoms with Crippen LogP contribution in [-0.4, -0.2) is 21.6 Å². The first-order valence-corrected chi connectivity index (χ1v) is 8.88. The maximum absolute atomic E-state index is 13.3. The number of allylic oxidation sites excluding steroid dienone is 1. The van der Waals surface area contributed by atoms with Crippen LogP contribution in [0.3, 0.4) is 0 Å². The lowest BCUT2D eigenvalue weighted by Crippen LogP contribution is -2.21. The predicted octanol–water partition coefficient (Wildman–Crippen LogP) is 3.85. The van der Waals surface area contributed by atoms with Gasteiger partial charge in [-0.2, -0.15) is 5.26 Å². The van der Waals surface area contributed by atoms with Gasteiger partial charge >= 0.3 is 0 Å². The molecule has 0 N–H and O–H groups in total. The van der Waals surface area contributed by atoms with Crippen LogP contribution in [0.15, 0.2) is 78.0 Å². The number of rotatable bonds is 4. The molecule has 0 atom stereocenters. The minimum Gasteiger partial charge on any atom is -0.497 e. The Hall–Kier alpha value is -4.24. The average molecular weight is 380 g/mol. The zero-order valence-corrected chi connectivity index (χ0v) is 15.6. The Morgan fingerprint density at radius 3 is 2.55 bits per heavy atom. The van der Waals surface area contributed by atoms with Crippen molar-refractivity contribution in [1.82, 2.24) is 14.5 Å². The summed E-state index contributed by atoms with van der Waals surface area (Å²) in [4.78, 5) is 21.7. The molecule has 0 radical (unpaired) electrons. The van der Waals surface area contributed by atoms with Gasteiger partial charge in [0.25, 0.3) is 5.56 Å². The molecule has 6 nitrogen and oxygen atoms in total. The predicted molar refractivity (Wildman–Crippen MR) is 112 cm³/mol. The topological polar surface area (TPSA) is 80.8 Å². The van der Waals surface area contributed by atoms with E-state index in [0.29, 0.717) is 33.8 Å². The van der Waals surface area contributed by atoms with Crippen LogP contribution in [0.25, 0.3) is 28.4 Å². The van der Waals surface area contributed by atoms with E-state index >= 15 is 0 Å². The van der Waals surface area contributed by atoms with Crippen molar-refractivity contribution in [3.05, 3.63) is 94.7 Å². The van der Waals surface area contributed by atoms with E-state index in [1.165, 1.54) is 0 Å². The number of ether oxygens (including phenoxy) is 1. The Kier molecular flexibility index (Phi) is 4.87. The normalized spacial score (nSPS) is 11.2. The van der Waals surface area contributed by atoms with Gasteiger partial charge in [0, 0.05) is 29.5 Å². The van der Waals surface area contributed by atoms with Crippen LogP contribution in [0.4, 0.5) is 0 Å². The molecule has 0 saturated heterocycles. The van der Waals surface area contributed by atoms with Gasteiger partial charge in [0.15, 0.2) is 0 Å². The molecule has 0 spiro atoms. The summed E-state index contributed by atoms with van der Waals surface area (Å²) in [6, 6.07) is 18.3. The van der Waals surface area contributed by atoms with Gasteiger partial charge in [-0.15, -0.1) is 0 Å². The van der Waals surface area contributed by atoms with Crippen molar-refractivity contribution in [2.24, 2.45) is 0 Å². The van der Waals surface area contributed by atoms with Crippen molar-refractivity contribution >= 4 is 22.7 Å². The minimum absolute atomic E-state index is 0.261. The highest BCUT2D eigenvalue weighted by atomic mass is 16.5. The quantitative estimate of drug-likeness (QED) is 0.502. The second-order valence-corrected chi connectivity index (χ2v) is 6.26. The molecule has 0 aliphatic heterocycles. The second-order valence-electron chi connectivity index (χ2n) is 6.26. The van der Waals surface area contributed by atoms with Gasteiger partial charge in [-0.05, 0) is 66.2 Å². The van der Waals surface area contributed by atoms with E-state index in [1.54, 1.807) is 78.8 Å². The standard InChI is InChI=1S/C23H16N4O2/c1-29-21-6-4-20(5-7-21)27-22-17(3-2-10-26-22)13-18(23(27)28)14-19(15-24)16-8-11-25-12-9-16/h2-14H,1H3/b19-14-. The lowest BCUT2D eigenvalue weighted by molar-refractivity contribution is 0.414. The molecule has 0 bridgehead atoms. The number of hydrogen-bond acceptors (Lipinski definition) is 5. The molecule has 6 heteroatoms. The van der Waals surface area contributed by atoms with Gasteiger partial charge in [0.05, 0.1) is 24.4 Å². The summed E-state index contributed by atoms with van der Waals surface area (Å²) < 4.78 is 6.75. The van der Waals surface area contributed by atoms with E-state index in [4.69, 9.17) is 4.74 Å². The number of fused-ring (bicyclic) bond motifs is 1. The third-order valence-electron chi connectivity index (χ3n) is 4.53. The molecule has 140 valence electrons. The fourth-order valence-electron chi connectivity index (χ4n) is 3.10. The van der Waals surface area contributed by atoms with Crippen LogP contribution < -0.4 is 10.3 Å². The molecule has 0 unspecified atom stereocenters. The number of aromatic nitrogens is 3. The van der Waals surface area contributed by atoms with Crippen LogP contribution >= 0.6 is 0 Å². The summed E-state index contributed by atoms with van der Waals surface area (Å²) in [6.07, 6.45) is 6.47. The third kappa shape index (κ3) is 3.49. The van der Waals surface area contributed by atoms with Crippen molar-refractivity contribution in [1.29, 1.82) is 5.26 Å². The van der Waals surface area contributed by atoms with Gasteiger partial charge in [0.2, 0.25) is 0 Å². The van der Waals surface area contributed by atoms with E-state index in [-0.39, 0.29) is 5.56 Å². The van der Waals surface area contributed by atoms with Crippen LogP contribution in [0, 0.1) is 11.3 Å². The number of pyridine rings is 3. The fraction of sp³-hybridized carbons (Fsp3) is 0.0435. The van der Waals surface area contributed by atoms with Crippen LogP contribution in [-0.2, 0) is 0 Å². The highest BCUT2D eigenvalue weighted by molar-refractivity contribution is 5.91. The number of methoxy groups -OCH3 is 1. The molecule has 0 amide bonds. The fourth-order valence-corrected chi connectivity index (χ4v) is 3.10.